The Hall–Kier alpha value is -0.320. The average Bonchev–Trinajstić information content (AvgIpc) is 2.21. The minimum Gasteiger partial charge on any atom is -0.266 e. The fourth-order valence-corrected chi connectivity index (χ4v) is 1.73. The third-order valence-corrected chi connectivity index (χ3v) is 2.70. The van der Waals surface area contributed by atoms with E-state index in [0.717, 1.165) is 12.8 Å². The summed E-state index contributed by atoms with van der Waals surface area (Å²) in [5.74, 6) is 0.444. The topological polar surface area (TPSA) is 106 Å². The van der Waals surface area contributed by atoms with Gasteiger partial charge >= 0.3 is 0 Å². The van der Waals surface area contributed by atoms with Crippen LogP contribution in [0.15, 0.2) is 0 Å². The summed E-state index contributed by atoms with van der Waals surface area (Å²) >= 11 is 0. The number of nitrogens with zero attached hydrogens (tertiary/aromatic N) is 2. The molecule has 0 aliphatic rings. The first-order valence-corrected chi connectivity index (χ1v) is 5.93. The van der Waals surface area contributed by atoms with Crippen molar-refractivity contribution in [1.29, 1.82) is 0 Å². The highest BCUT2D eigenvalue weighted by molar-refractivity contribution is 4.72. The van der Waals surface area contributed by atoms with Crippen LogP contribution in [0.3, 0.4) is 0 Å². The van der Waals surface area contributed by atoms with Crippen LogP contribution < -0.4 is 0 Å². The Morgan fingerprint density at radius 1 is 0.833 bits per heavy atom. The zero-order valence-corrected chi connectivity index (χ0v) is 11.2. The molecule has 0 aromatic heterocycles. The average molecular weight is 268 g/mol. The second-order valence-corrected chi connectivity index (χ2v) is 4.83. The highest BCUT2D eigenvalue weighted by Gasteiger charge is 2.29. The molecule has 0 aliphatic carbocycles. The van der Waals surface area contributed by atoms with Crippen LogP contribution >= 0.6 is 0 Å². The zero-order chi connectivity index (χ0) is 14.3. The normalized spacial score (nSPS) is 17.5. The summed E-state index contributed by atoms with van der Waals surface area (Å²) in [6, 6.07) is 0. The number of rotatable bonds is 9. The molecule has 0 bridgehead atoms. The molecule has 0 aromatic carbocycles. The summed E-state index contributed by atoms with van der Waals surface area (Å²) in [5.41, 5.74) is 0. The van der Waals surface area contributed by atoms with Crippen molar-refractivity contribution in [3.05, 3.63) is 0 Å². The van der Waals surface area contributed by atoms with Crippen molar-refractivity contribution >= 4 is 0 Å². The van der Waals surface area contributed by atoms with Gasteiger partial charge in [-0.1, -0.05) is 27.2 Å². The molecule has 8 nitrogen and oxygen atoms in total. The van der Waals surface area contributed by atoms with Gasteiger partial charge in [0.1, 0.15) is 12.2 Å². The first-order valence-electron chi connectivity index (χ1n) is 5.93. The lowest BCUT2D eigenvalue weighted by Gasteiger charge is -2.29. The Balaban J connectivity index is 4.44. The first-order chi connectivity index (χ1) is 8.23. The maximum atomic E-state index is 8.70. The molecule has 0 spiro atoms. The lowest BCUT2D eigenvalue weighted by atomic mass is 9.92. The molecule has 0 radical (unpaired) electrons. The minimum absolute atomic E-state index is 0.0656. The second kappa shape index (κ2) is 8.73. The van der Waals surface area contributed by atoms with Crippen molar-refractivity contribution in [3.63, 3.8) is 0 Å². The molecule has 1 unspecified atom stereocenters. The highest BCUT2D eigenvalue weighted by atomic mass is 17.1. The molecule has 110 valence electrons. The number of hydrogen-bond donors (Lipinski definition) is 4. The molecule has 8 heteroatoms. The van der Waals surface area contributed by atoms with E-state index in [1.54, 1.807) is 0 Å². The van der Waals surface area contributed by atoms with Gasteiger partial charge in [-0.15, -0.1) is 0 Å². The third kappa shape index (κ3) is 7.90. The van der Waals surface area contributed by atoms with Gasteiger partial charge < -0.3 is 0 Å². The monoisotopic (exact) mass is 268 g/mol. The predicted molar refractivity (Wildman–Crippen MR) is 59.5 cm³/mol. The van der Waals surface area contributed by atoms with Crippen LogP contribution in [0.5, 0.6) is 0 Å². The smallest absolute Gasteiger partial charge is 0.115 e. The van der Waals surface area contributed by atoms with Gasteiger partial charge in [0.05, 0.1) is 10.8 Å². The van der Waals surface area contributed by atoms with Crippen LogP contribution in [-0.2, 0) is 9.68 Å². The van der Waals surface area contributed by atoms with Gasteiger partial charge in [0.15, 0.2) is 0 Å². The third-order valence-electron chi connectivity index (χ3n) is 2.70. The largest absolute Gasteiger partial charge is 0.266 e. The summed E-state index contributed by atoms with van der Waals surface area (Å²) in [4.78, 5) is 9.39. The highest BCUT2D eigenvalue weighted by Crippen LogP contribution is 2.22. The molecule has 3 atom stereocenters. The Labute approximate surface area is 107 Å². The van der Waals surface area contributed by atoms with E-state index in [0.29, 0.717) is 5.92 Å². The predicted octanol–water partition coefficient (Wildman–Crippen LogP) is 1.84. The molecule has 0 saturated carbocycles. The molecule has 0 aromatic rings. The van der Waals surface area contributed by atoms with Crippen molar-refractivity contribution in [1.82, 2.24) is 10.8 Å². The molecule has 0 heterocycles. The van der Waals surface area contributed by atoms with E-state index in [1.165, 1.54) is 6.92 Å². The van der Waals surface area contributed by atoms with E-state index in [2.05, 4.69) is 18.7 Å². The van der Waals surface area contributed by atoms with Crippen molar-refractivity contribution in [2.24, 2.45) is 11.8 Å². The van der Waals surface area contributed by atoms with Gasteiger partial charge in [0.25, 0.3) is 0 Å². The van der Waals surface area contributed by atoms with Gasteiger partial charge in [0, 0.05) is 0 Å². The molecular formula is C10H24N2O6. The van der Waals surface area contributed by atoms with Gasteiger partial charge in [0.2, 0.25) is 0 Å². The molecule has 0 aliphatic heterocycles. The van der Waals surface area contributed by atoms with Crippen molar-refractivity contribution in [3.8, 4) is 0 Å². The Kier molecular flexibility index (Phi) is 8.57. The second-order valence-electron chi connectivity index (χ2n) is 4.83. The molecule has 18 heavy (non-hydrogen) atoms. The zero-order valence-electron chi connectivity index (χ0n) is 11.2. The van der Waals surface area contributed by atoms with Crippen molar-refractivity contribution in [2.75, 3.05) is 0 Å². The van der Waals surface area contributed by atoms with Crippen LogP contribution in [-0.4, -0.2) is 43.8 Å². The Morgan fingerprint density at radius 2 is 1.33 bits per heavy atom. The lowest BCUT2D eigenvalue weighted by molar-refractivity contribution is -0.539. The van der Waals surface area contributed by atoms with Gasteiger partial charge in [-0.25, -0.2) is 9.68 Å². The van der Waals surface area contributed by atoms with Gasteiger partial charge in [-0.2, -0.15) is 0 Å². The molecule has 0 rings (SSSR count). The van der Waals surface area contributed by atoms with Crippen LogP contribution in [0.4, 0.5) is 0 Å². The fraction of sp³-hybridized carbons (Fsp3) is 1.00. The van der Waals surface area contributed by atoms with Crippen LogP contribution in [0.25, 0.3) is 0 Å². The van der Waals surface area contributed by atoms with Crippen LogP contribution in [0.1, 0.15) is 40.5 Å². The summed E-state index contributed by atoms with van der Waals surface area (Å²) in [6.07, 6.45) is 0.206. The van der Waals surface area contributed by atoms with E-state index >= 15 is 0 Å². The SMILES string of the molecule is CC(C)CCC(C)[C@@H](ON(O)O)[C@@H](C)ON(O)O. The molecule has 0 fully saturated rings. The van der Waals surface area contributed by atoms with Gasteiger partial charge in [-0.05, 0) is 25.2 Å². The van der Waals surface area contributed by atoms with E-state index in [4.69, 9.17) is 25.7 Å². The summed E-state index contributed by atoms with van der Waals surface area (Å²) in [7, 11) is 0. The fourth-order valence-electron chi connectivity index (χ4n) is 1.73. The summed E-state index contributed by atoms with van der Waals surface area (Å²) < 4.78 is 0. The molecule has 0 saturated heterocycles. The van der Waals surface area contributed by atoms with E-state index in [9.17, 15) is 0 Å². The first kappa shape index (κ1) is 17.7. The molecule has 4 N–H and O–H groups in total. The van der Waals surface area contributed by atoms with E-state index in [-0.39, 0.29) is 5.92 Å². The quantitative estimate of drug-likeness (QED) is 0.469. The number of hydrogen-bond acceptors (Lipinski definition) is 8. The lowest BCUT2D eigenvalue weighted by Crippen LogP contribution is -2.41. The molecule has 0 amide bonds. The van der Waals surface area contributed by atoms with Crippen molar-refractivity contribution in [2.45, 2.75) is 52.7 Å². The van der Waals surface area contributed by atoms with Gasteiger partial charge in [-0.3, -0.25) is 20.8 Å². The standard InChI is InChI=1S/C10H24N2O6/c1-7(2)5-6-8(3)10(18-12(15)16)9(4)17-11(13)14/h7-10,13-16H,5-6H2,1-4H3/t8?,9-,10-/m1/s1. The summed E-state index contributed by atoms with van der Waals surface area (Å²) in [6.45, 7) is 7.54. The Bertz CT molecular complexity index is 215. The van der Waals surface area contributed by atoms with E-state index < -0.39 is 23.0 Å². The van der Waals surface area contributed by atoms with Crippen molar-refractivity contribution < 1.29 is 30.5 Å². The molecular weight excluding hydrogens is 244 g/mol. The maximum Gasteiger partial charge on any atom is 0.115 e. The summed E-state index contributed by atoms with van der Waals surface area (Å²) in [5, 5.41) is 33.8. The Morgan fingerprint density at radius 3 is 1.72 bits per heavy atom. The van der Waals surface area contributed by atoms with Crippen LogP contribution in [0, 0.1) is 11.8 Å². The van der Waals surface area contributed by atoms with E-state index in [1.807, 2.05) is 6.92 Å². The van der Waals surface area contributed by atoms with Crippen LogP contribution in [0.2, 0.25) is 0 Å². The minimum atomic E-state index is -0.774. The maximum absolute atomic E-state index is 8.70.